The minimum Gasteiger partial charge on any atom is -0.497 e. The predicted octanol–water partition coefficient (Wildman–Crippen LogP) is 3.96. The van der Waals surface area contributed by atoms with E-state index < -0.39 is 5.92 Å². The molecule has 7 heteroatoms. The van der Waals surface area contributed by atoms with Crippen LogP contribution in [0.25, 0.3) is 0 Å². The number of thiophene rings is 1. The molecule has 1 aromatic heterocycles. The highest BCUT2D eigenvalue weighted by atomic mass is 32.1. The summed E-state index contributed by atoms with van der Waals surface area (Å²) in [5, 5.41) is 14.3. The van der Waals surface area contributed by atoms with Gasteiger partial charge in [-0.25, -0.2) is 0 Å². The molecule has 0 spiro atoms. The zero-order valence-electron chi connectivity index (χ0n) is 16.0. The van der Waals surface area contributed by atoms with Gasteiger partial charge < -0.3 is 15.0 Å². The average Bonchev–Trinajstić information content (AvgIpc) is 3.30. The number of methoxy groups -OCH3 is 1. The second kappa shape index (κ2) is 8.89. The van der Waals surface area contributed by atoms with Crippen molar-refractivity contribution in [1.29, 1.82) is 5.26 Å². The molecule has 6 nitrogen and oxygen atoms in total. The normalized spacial score (nSPS) is 18.8. The van der Waals surface area contributed by atoms with E-state index in [2.05, 4.69) is 18.3 Å². The average molecular weight is 398 g/mol. The van der Waals surface area contributed by atoms with Crippen molar-refractivity contribution in [2.75, 3.05) is 19.0 Å². The number of amides is 2. The number of nitrogens with one attached hydrogen (secondary N) is 1. The minimum atomic E-state index is -0.508. The number of ether oxygens (including phenoxy) is 1. The van der Waals surface area contributed by atoms with Gasteiger partial charge in [-0.05, 0) is 35.6 Å². The van der Waals surface area contributed by atoms with Gasteiger partial charge in [-0.2, -0.15) is 5.26 Å². The van der Waals surface area contributed by atoms with Crippen LogP contribution in [0.15, 0.2) is 35.7 Å². The molecule has 1 aromatic carbocycles. The Kier molecular flexibility index (Phi) is 6.32. The highest BCUT2D eigenvalue weighted by Crippen LogP contribution is 2.40. The Balaban J connectivity index is 1.89. The summed E-state index contributed by atoms with van der Waals surface area (Å²) in [6, 6.07) is 10.9. The maximum atomic E-state index is 13.0. The summed E-state index contributed by atoms with van der Waals surface area (Å²) < 4.78 is 5.23. The van der Waals surface area contributed by atoms with Crippen LogP contribution in [-0.4, -0.2) is 30.4 Å². The van der Waals surface area contributed by atoms with Crippen LogP contribution in [0.1, 0.15) is 43.4 Å². The lowest BCUT2D eigenvalue weighted by Crippen LogP contribution is -2.33. The Labute approximate surface area is 168 Å². The van der Waals surface area contributed by atoms with E-state index in [9.17, 15) is 14.9 Å². The molecule has 1 aliphatic heterocycles. The van der Waals surface area contributed by atoms with E-state index in [1.54, 1.807) is 18.6 Å². The summed E-state index contributed by atoms with van der Waals surface area (Å²) >= 11 is 1.31. The fourth-order valence-corrected chi connectivity index (χ4v) is 4.27. The Morgan fingerprint density at radius 3 is 2.75 bits per heavy atom. The molecule has 2 atom stereocenters. The second-order valence-corrected chi connectivity index (χ2v) is 7.65. The number of carbonyl (C=O) groups excluding carboxylic acids is 2. The zero-order chi connectivity index (χ0) is 20.1. The molecule has 2 amide bonds. The maximum Gasteiger partial charge on any atom is 0.231 e. The number of unbranched alkanes of at least 4 members (excludes halogenated alkanes) is 1. The fourth-order valence-electron chi connectivity index (χ4n) is 3.53. The van der Waals surface area contributed by atoms with Gasteiger partial charge in [-0.15, -0.1) is 11.3 Å². The molecule has 2 heterocycles. The van der Waals surface area contributed by atoms with Crippen LogP contribution in [-0.2, 0) is 9.59 Å². The lowest BCUT2D eigenvalue weighted by molar-refractivity contribution is -0.129. The highest BCUT2D eigenvalue weighted by Gasteiger charge is 2.44. The lowest BCUT2D eigenvalue weighted by Gasteiger charge is -2.28. The Morgan fingerprint density at radius 2 is 2.11 bits per heavy atom. The summed E-state index contributed by atoms with van der Waals surface area (Å²) in [7, 11) is 1.60. The van der Waals surface area contributed by atoms with Crippen molar-refractivity contribution in [3.8, 4) is 11.8 Å². The third-order valence-corrected chi connectivity index (χ3v) is 5.83. The molecule has 0 bridgehead atoms. The molecule has 1 fully saturated rings. The summed E-state index contributed by atoms with van der Waals surface area (Å²) in [6.45, 7) is 2.70. The van der Waals surface area contributed by atoms with E-state index in [1.807, 2.05) is 29.2 Å². The van der Waals surface area contributed by atoms with Crippen molar-refractivity contribution in [3.05, 3.63) is 46.8 Å². The van der Waals surface area contributed by atoms with Crippen LogP contribution in [0.4, 0.5) is 5.00 Å². The number of anilines is 1. The Bertz CT molecular complexity index is 885. The minimum absolute atomic E-state index is 0.0129. The summed E-state index contributed by atoms with van der Waals surface area (Å²) in [5.74, 6) is -0.0222. The van der Waals surface area contributed by atoms with Crippen molar-refractivity contribution in [3.63, 3.8) is 0 Å². The molecular weight excluding hydrogens is 374 g/mol. The molecule has 0 radical (unpaired) electrons. The Morgan fingerprint density at radius 1 is 1.36 bits per heavy atom. The number of nitriles is 1. The molecule has 1 saturated heterocycles. The first-order valence-electron chi connectivity index (χ1n) is 9.31. The molecule has 146 valence electrons. The van der Waals surface area contributed by atoms with Crippen LogP contribution >= 0.6 is 11.3 Å². The maximum absolute atomic E-state index is 13.0. The van der Waals surface area contributed by atoms with E-state index in [4.69, 9.17) is 4.74 Å². The van der Waals surface area contributed by atoms with Crippen molar-refractivity contribution in [1.82, 2.24) is 4.90 Å². The van der Waals surface area contributed by atoms with E-state index in [0.29, 0.717) is 17.1 Å². The number of benzene rings is 1. The zero-order valence-corrected chi connectivity index (χ0v) is 16.8. The first-order valence-corrected chi connectivity index (χ1v) is 10.2. The smallest absolute Gasteiger partial charge is 0.231 e. The van der Waals surface area contributed by atoms with Gasteiger partial charge in [0.05, 0.1) is 24.6 Å². The number of rotatable bonds is 7. The van der Waals surface area contributed by atoms with Gasteiger partial charge in [0, 0.05) is 13.0 Å². The van der Waals surface area contributed by atoms with Crippen LogP contribution in [0, 0.1) is 17.2 Å². The molecule has 0 unspecified atom stereocenters. The summed E-state index contributed by atoms with van der Waals surface area (Å²) in [5.41, 5.74) is 1.35. The van der Waals surface area contributed by atoms with Crippen molar-refractivity contribution in [2.24, 2.45) is 5.92 Å². The highest BCUT2D eigenvalue weighted by molar-refractivity contribution is 7.14. The number of hydrogen-bond acceptors (Lipinski definition) is 5. The third kappa shape index (κ3) is 4.02. The largest absolute Gasteiger partial charge is 0.497 e. The van der Waals surface area contributed by atoms with E-state index >= 15 is 0 Å². The van der Waals surface area contributed by atoms with Gasteiger partial charge in [0.25, 0.3) is 0 Å². The van der Waals surface area contributed by atoms with Crippen LogP contribution in [0.5, 0.6) is 5.75 Å². The topological polar surface area (TPSA) is 82.4 Å². The summed E-state index contributed by atoms with van der Waals surface area (Å²) in [4.78, 5) is 27.5. The van der Waals surface area contributed by atoms with E-state index in [-0.39, 0.29) is 24.3 Å². The first kappa shape index (κ1) is 19.9. The monoisotopic (exact) mass is 397 g/mol. The van der Waals surface area contributed by atoms with Crippen LogP contribution in [0.2, 0.25) is 0 Å². The van der Waals surface area contributed by atoms with Gasteiger partial charge in [0.1, 0.15) is 16.8 Å². The molecule has 3 rings (SSSR count). The SMILES string of the molecule is CCCCN1C(=O)C[C@H](C(=O)Nc2sccc2C#N)[C@H]1c1ccc(OC)cc1. The molecule has 1 aliphatic rings. The van der Waals surface area contributed by atoms with Crippen molar-refractivity contribution >= 4 is 28.2 Å². The summed E-state index contributed by atoms with van der Waals surface area (Å²) in [6.07, 6.45) is 2.02. The fraction of sp³-hybridized carbons (Fsp3) is 0.381. The number of hydrogen-bond donors (Lipinski definition) is 1. The lowest BCUT2D eigenvalue weighted by atomic mass is 9.92. The second-order valence-electron chi connectivity index (χ2n) is 6.73. The van der Waals surface area contributed by atoms with Gasteiger partial charge in [-0.3, -0.25) is 9.59 Å². The molecule has 1 N–H and O–H groups in total. The van der Waals surface area contributed by atoms with Gasteiger partial charge in [-0.1, -0.05) is 25.5 Å². The predicted molar refractivity (Wildman–Crippen MR) is 108 cm³/mol. The number of nitrogens with zero attached hydrogens (tertiary/aromatic N) is 2. The third-order valence-electron chi connectivity index (χ3n) is 5.00. The number of likely N-dealkylation sites (tertiary alicyclic amines) is 1. The van der Waals surface area contributed by atoms with Crippen LogP contribution < -0.4 is 10.1 Å². The van der Waals surface area contributed by atoms with Crippen molar-refractivity contribution in [2.45, 2.75) is 32.2 Å². The van der Waals surface area contributed by atoms with Gasteiger partial charge >= 0.3 is 0 Å². The molecule has 0 aliphatic carbocycles. The Hall–Kier alpha value is -2.85. The quantitative estimate of drug-likeness (QED) is 0.767. The van der Waals surface area contributed by atoms with Gasteiger partial charge in [0.15, 0.2) is 0 Å². The van der Waals surface area contributed by atoms with Gasteiger partial charge in [0.2, 0.25) is 11.8 Å². The standard InChI is InChI=1S/C21H23N3O3S/c1-3-4-10-24-18(25)12-17(19(24)14-5-7-16(27-2)8-6-14)20(26)23-21-15(13-22)9-11-28-21/h5-9,11,17,19H,3-4,10,12H2,1-2H3,(H,23,26)/t17-,19+/m0/s1. The molecule has 28 heavy (non-hydrogen) atoms. The van der Waals surface area contributed by atoms with E-state index in [0.717, 1.165) is 24.2 Å². The van der Waals surface area contributed by atoms with E-state index in [1.165, 1.54) is 11.3 Å². The van der Waals surface area contributed by atoms with Crippen LogP contribution in [0.3, 0.4) is 0 Å². The number of carbonyl (C=O) groups is 2. The molecular formula is C21H23N3O3S. The van der Waals surface area contributed by atoms with Crippen molar-refractivity contribution < 1.29 is 14.3 Å². The molecule has 0 saturated carbocycles. The first-order chi connectivity index (χ1) is 13.6. The molecule has 2 aromatic rings.